The molecule has 116 valence electrons. The van der Waals surface area contributed by atoms with E-state index in [0.717, 1.165) is 23.7 Å². The predicted molar refractivity (Wildman–Crippen MR) is 98.0 cm³/mol. The van der Waals surface area contributed by atoms with Crippen molar-refractivity contribution in [2.24, 2.45) is 0 Å². The average Bonchev–Trinajstić information content (AvgIpc) is 2.51. The maximum absolute atomic E-state index is 12.8. The van der Waals surface area contributed by atoms with Crippen molar-refractivity contribution in [3.63, 3.8) is 0 Å². The van der Waals surface area contributed by atoms with E-state index in [0.29, 0.717) is 5.11 Å². The van der Waals surface area contributed by atoms with Crippen LogP contribution in [0.3, 0.4) is 0 Å². The Bertz CT molecular complexity index is 614. The van der Waals surface area contributed by atoms with E-state index in [1.807, 2.05) is 11.8 Å². The van der Waals surface area contributed by atoms with Gasteiger partial charge in [0.1, 0.15) is 5.82 Å². The van der Waals surface area contributed by atoms with Gasteiger partial charge >= 0.3 is 0 Å². The van der Waals surface area contributed by atoms with E-state index >= 15 is 0 Å². The Labute approximate surface area is 140 Å². The van der Waals surface area contributed by atoms with Crippen molar-refractivity contribution in [2.45, 2.75) is 12.7 Å². The number of thiocarbonyl (C=S) groups is 1. The largest absolute Gasteiger partial charge is 0.362 e. The fourth-order valence-electron chi connectivity index (χ4n) is 1.90. The lowest BCUT2D eigenvalue weighted by Crippen LogP contribution is -2.30. The Morgan fingerprint density at radius 3 is 2.59 bits per heavy atom. The highest BCUT2D eigenvalue weighted by Crippen LogP contribution is 2.15. The Balaban J connectivity index is 1.63. The van der Waals surface area contributed by atoms with Crippen molar-refractivity contribution in [3.8, 4) is 0 Å². The van der Waals surface area contributed by atoms with Crippen LogP contribution >= 0.6 is 24.0 Å². The third-order valence-corrected chi connectivity index (χ3v) is 4.41. The highest BCUT2D eigenvalue weighted by atomic mass is 32.2. The molecule has 0 aliphatic heterocycles. The highest BCUT2D eigenvalue weighted by molar-refractivity contribution is 7.98. The number of hydrogen-bond donors (Lipinski definition) is 2. The van der Waals surface area contributed by atoms with Crippen molar-refractivity contribution in [3.05, 3.63) is 65.5 Å². The van der Waals surface area contributed by atoms with Gasteiger partial charge in [0.25, 0.3) is 0 Å². The minimum absolute atomic E-state index is 0.253. The maximum Gasteiger partial charge on any atom is 0.170 e. The quantitative estimate of drug-likeness (QED) is 0.606. The Morgan fingerprint density at radius 1 is 1.14 bits per heavy atom. The molecule has 0 aliphatic rings. The van der Waals surface area contributed by atoms with Gasteiger partial charge in [-0.25, -0.2) is 4.39 Å². The molecule has 0 heterocycles. The molecule has 2 N–H and O–H groups in total. The minimum atomic E-state index is -0.253. The summed E-state index contributed by atoms with van der Waals surface area (Å²) in [7, 11) is 0. The molecule has 0 atom stereocenters. The van der Waals surface area contributed by atoms with E-state index in [9.17, 15) is 4.39 Å². The summed E-state index contributed by atoms with van der Waals surface area (Å²) in [6.45, 7) is 2.93. The van der Waals surface area contributed by atoms with Crippen molar-refractivity contribution < 1.29 is 4.39 Å². The topological polar surface area (TPSA) is 24.1 Å². The van der Waals surface area contributed by atoms with Crippen LogP contribution in [-0.2, 0) is 5.75 Å². The van der Waals surface area contributed by atoms with Crippen LogP contribution in [0.2, 0.25) is 0 Å². The zero-order valence-corrected chi connectivity index (χ0v) is 14.1. The average molecular weight is 334 g/mol. The Morgan fingerprint density at radius 2 is 1.86 bits per heavy atom. The molecule has 22 heavy (non-hydrogen) atoms. The van der Waals surface area contributed by atoms with Crippen molar-refractivity contribution in [1.29, 1.82) is 0 Å². The molecular weight excluding hydrogens is 315 g/mol. The van der Waals surface area contributed by atoms with Crippen molar-refractivity contribution in [1.82, 2.24) is 5.32 Å². The zero-order chi connectivity index (χ0) is 15.8. The van der Waals surface area contributed by atoms with Crippen molar-refractivity contribution in [2.75, 3.05) is 17.6 Å². The SMILES string of the molecule is Cc1ccccc1CSCCNC(=S)Nc1ccc(F)cc1. The van der Waals surface area contributed by atoms with E-state index < -0.39 is 0 Å². The Hall–Kier alpha value is -1.59. The molecule has 0 amide bonds. The fraction of sp³-hybridized carbons (Fsp3) is 0.235. The molecule has 0 aromatic heterocycles. The smallest absolute Gasteiger partial charge is 0.170 e. The molecule has 5 heteroatoms. The molecule has 0 radical (unpaired) electrons. The number of nitrogens with one attached hydrogen (secondary N) is 2. The summed E-state index contributed by atoms with van der Waals surface area (Å²) in [6, 6.07) is 14.6. The van der Waals surface area contributed by atoms with E-state index in [4.69, 9.17) is 12.2 Å². The molecule has 0 saturated heterocycles. The summed E-state index contributed by atoms with van der Waals surface area (Å²) in [4.78, 5) is 0. The summed E-state index contributed by atoms with van der Waals surface area (Å²) >= 11 is 7.08. The van der Waals surface area contributed by atoms with Gasteiger partial charge < -0.3 is 10.6 Å². The second-order valence-electron chi connectivity index (χ2n) is 4.87. The predicted octanol–water partition coefficient (Wildman–Crippen LogP) is 4.35. The van der Waals surface area contributed by atoms with Crippen LogP contribution in [0, 0.1) is 12.7 Å². The number of hydrogen-bond acceptors (Lipinski definition) is 2. The van der Waals surface area contributed by atoms with Gasteiger partial charge in [-0.15, -0.1) is 0 Å². The van der Waals surface area contributed by atoms with Gasteiger partial charge in [0.05, 0.1) is 0 Å². The van der Waals surface area contributed by atoms with Crippen LogP contribution < -0.4 is 10.6 Å². The van der Waals surface area contributed by atoms with E-state index in [-0.39, 0.29) is 5.82 Å². The van der Waals surface area contributed by atoms with Crippen LogP contribution in [0.15, 0.2) is 48.5 Å². The van der Waals surface area contributed by atoms with Gasteiger partial charge in [0.2, 0.25) is 0 Å². The lowest BCUT2D eigenvalue weighted by Gasteiger charge is -2.10. The van der Waals surface area contributed by atoms with E-state index in [1.165, 1.54) is 23.3 Å². The summed E-state index contributed by atoms with van der Waals surface area (Å²) in [5.74, 6) is 1.73. The number of rotatable bonds is 6. The fourth-order valence-corrected chi connectivity index (χ4v) is 3.05. The number of anilines is 1. The molecule has 0 spiro atoms. The van der Waals surface area contributed by atoms with Crippen molar-refractivity contribution >= 4 is 34.8 Å². The van der Waals surface area contributed by atoms with Crippen LogP contribution in [0.25, 0.3) is 0 Å². The molecule has 2 rings (SSSR count). The van der Waals surface area contributed by atoms with Gasteiger partial charge in [-0.2, -0.15) is 11.8 Å². The summed E-state index contributed by atoms with van der Waals surface area (Å²) < 4.78 is 12.8. The van der Waals surface area contributed by atoms with Gasteiger partial charge in [-0.3, -0.25) is 0 Å². The normalized spacial score (nSPS) is 10.3. The molecule has 0 bridgehead atoms. The van der Waals surface area contributed by atoms with Gasteiger partial charge in [-0.1, -0.05) is 24.3 Å². The summed E-state index contributed by atoms with van der Waals surface area (Å²) in [5, 5.41) is 6.74. The van der Waals surface area contributed by atoms with Crippen LogP contribution in [0.5, 0.6) is 0 Å². The molecule has 0 aliphatic carbocycles. The first-order valence-electron chi connectivity index (χ1n) is 7.08. The first kappa shape index (κ1) is 16.8. The third kappa shape index (κ3) is 5.66. The van der Waals surface area contributed by atoms with Gasteiger partial charge in [0, 0.05) is 23.7 Å². The molecule has 0 saturated carbocycles. The molecular formula is C17H19FN2S2. The second-order valence-corrected chi connectivity index (χ2v) is 6.38. The monoisotopic (exact) mass is 334 g/mol. The Kier molecular flexibility index (Phi) is 6.68. The molecule has 0 fully saturated rings. The number of aryl methyl sites for hydroxylation is 1. The summed E-state index contributed by atoms with van der Waals surface area (Å²) in [6.07, 6.45) is 0. The number of halogens is 1. The minimum Gasteiger partial charge on any atom is -0.362 e. The van der Waals surface area contributed by atoms with E-state index in [1.54, 1.807) is 12.1 Å². The van der Waals surface area contributed by atoms with Crippen LogP contribution in [-0.4, -0.2) is 17.4 Å². The van der Waals surface area contributed by atoms with E-state index in [2.05, 4.69) is 41.8 Å². The standard InChI is InChI=1S/C17H19FN2S2/c1-13-4-2-3-5-14(13)12-22-11-10-19-17(21)20-16-8-6-15(18)7-9-16/h2-9H,10-12H2,1H3,(H2,19,20,21). The third-order valence-electron chi connectivity index (χ3n) is 3.15. The molecule has 0 unspecified atom stereocenters. The zero-order valence-electron chi connectivity index (χ0n) is 12.4. The summed E-state index contributed by atoms with van der Waals surface area (Å²) in [5.41, 5.74) is 3.49. The first-order valence-corrected chi connectivity index (χ1v) is 8.64. The first-order chi connectivity index (χ1) is 10.6. The lowest BCUT2D eigenvalue weighted by atomic mass is 10.1. The molecule has 2 nitrogen and oxygen atoms in total. The lowest BCUT2D eigenvalue weighted by molar-refractivity contribution is 0.628. The highest BCUT2D eigenvalue weighted by Gasteiger charge is 1.99. The number of benzene rings is 2. The van der Waals surface area contributed by atoms with Gasteiger partial charge in [-0.05, 0) is 54.5 Å². The van der Waals surface area contributed by atoms with Crippen LogP contribution in [0.4, 0.5) is 10.1 Å². The van der Waals surface area contributed by atoms with Gasteiger partial charge in [0.15, 0.2) is 5.11 Å². The molecule has 2 aromatic rings. The maximum atomic E-state index is 12.8. The van der Waals surface area contributed by atoms with Crippen LogP contribution in [0.1, 0.15) is 11.1 Å². The number of thioether (sulfide) groups is 1. The molecule has 2 aromatic carbocycles. The second kappa shape index (κ2) is 8.76.